The highest BCUT2D eigenvalue weighted by atomic mass is 35.5. The lowest BCUT2D eigenvalue weighted by molar-refractivity contribution is 1.02. The molecule has 0 spiro atoms. The minimum atomic E-state index is 0.250. The van der Waals surface area contributed by atoms with Crippen LogP contribution in [0.25, 0.3) is 0 Å². The van der Waals surface area contributed by atoms with Crippen molar-refractivity contribution >= 4 is 75.7 Å². The maximum Gasteiger partial charge on any atom is 0.249 e. The molecule has 0 unspecified atom stereocenters. The molecule has 22 heavy (non-hydrogen) atoms. The normalized spacial score (nSPS) is 10.9. The van der Waals surface area contributed by atoms with Crippen molar-refractivity contribution in [1.29, 1.82) is 0 Å². The summed E-state index contributed by atoms with van der Waals surface area (Å²) >= 11 is 20.4. The summed E-state index contributed by atoms with van der Waals surface area (Å²) in [5.74, 6) is 0.629. The van der Waals surface area contributed by atoms with E-state index in [1.165, 1.54) is 27.4 Å². The van der Waals surface area contributed by atoms with Crippen molar-refractivity contribution in [3.8, 4) is 0 Å². The van der Waals surface area contributed by atoms with E-state index in [4.69, 9.17) is 40.5 Å². The molecule has 114 valence electrons. The molecule has 0 amide bonds. The fraction of sp³-hybridized carbons (Fsp3) is 0. The Morgan fingerprint density at radius 1 is 1.18 bits per heavy atom. The second kappa shape index (κ2) is 6.55. The van der Waals surface area contributed by atoms with Gasteiger partial charge in [-0.3, -0.25) is 0 Å². The Morgan fingerprint density at radius 2 is 1.91 bits per heavy atom. The largest absolute Gasteiger partial charge is 0.367 e. The lowest BCUT2D eigenvalue weighted by atomic mass is 10.3. The molecule has 3 rings (SSSR count). The quantitative estimate of drug-likeness (QED) is 0.640. The van der Waals surface area contributed by atoms with Gasteiger partial charge >= 0.3 is 0 Å². The number of hydrogen-bond donors (Lipinski definition) is 2. The highest BCUT2D eigenvalue weighted by Crippen LogP contribution is 2.38. The molecule has 0 bridgehead atoms. The van der Waals surface area contributed by atoms with Gasteiger partial charge in [0.2, 0.25) is 11.9 Å². The Balaban J connectivity index is 1.78. The molecule has 0 radical (unpaired) electrons. The van der Waals surface area contributed by atoms with Gasteiger partial charge in [0.1, 0.15) is 4.34 Å². The SMILES string of the molecule is Nc1nc(Nc2ccc(Cl)cc2)nn1Sc1cc(Cl)sc1Cl. The standard InChI is InChI=1S/C12H8Cl3N5S2/c13-6-1-3-7(4-2-6)17-12-18-11(16)20(19-12)22-8-5-9(14)21-10(8)15/h1-5H,(H3,16,17,18,19). The first kappa shape index (κ1) is 15.8. The number of halogens is 3. The minimum absolute atomic E-state index is 0.250. The van der Waals surface area contributed by atoms with E-state index in [0.717, 1.165) is 10.6 Å². The van der Waals surface area contributed by atoms with Gasteiger partial charge in [0.15, 0.2) is 0 Å². The van der Waals surface area contributed by atoms with Crippen LogP contribution in [0.3, 0.4) is 0 Å². The van der Waals surface area contributed by atoms with Crippen LogP contribution in [0, 0.1) is 0 Å². The van der Waals surface area contributed by atoms with Gasteiger partial charge in [0.05, 0.1) is 9.23 Å². The number of anilines is 3. The second-order valence-electron chi connectivity index (χ2n) is 4.08. The molecule has 0 saturated heterocycles. The predicted octanol–water partition coefficient (Wildman–Crippen LogP) is 5.18. The van der Waals surface area contributed by atoms with Gasteiger partial charge in [0, 0.05) is 22.7 Å². The fourth-order valence-electron chi connectivity index (χ4n) is 1.57. The summed E-state index contributed by atoms with van der Waals surface area (Å²) in [7, 11) is 0. The molecule has 0 aliphatic rings. The van der Waals surface area contributed by atoms with Crippen LogP contribution in [-0.4, -0.2) is 14.2 Å². The smallest absolute Gasteiger partial charge is 0.249 e. The number of benzene rings is 1. The maximum absolute atomic E-state index is 6.08. The fourth-order valence-corrected chi connectivity index (χ4v) is 4.13. The van der Waals surface area contributed by atoms with Crippen molar-refractivity contribution in [1.82, 2.24) is 14.2 Å². The number of aromatic nitrogens is 3. The first-order valence-electron chi connectivity index (χ1n) is 5.89. The summed E-state index contributed by atoms with van der Waals surface area (Å²) in [6.07, 6.45) is 0. The van der Waals surface area contributed by atoms with E-state index in [9.17, 15) is 0 Å². The molecule has 0 fully saturated rings. The molecule has 3 aromatic rings. The number of hydrogen-bond acceptors (Lipinski definition) is 6. The summed E-state index contributed by atoms with van der Waals surface area (Å²) in [6, 6.07) is 8.94. The molecular weight excluding hydrogens is 385 g/mol. The molecule has 2 aromatic heterocycles. The van der Waals surface area contributed by atoms with Crippen LogP contribution in [0.2, 0.25) is 13.7 Å². The van der Waals surface area contributed by atoms with Crippen LogP contribution in [-0.2, 0) is 0 Å². The number of nitrogens with two attached hydrogens (primary N) is 1. The van der Waals surface area contributed by atoms with Gasteiger partial charge < -0.3 is 11.1 Å². The summed E-state index contributed by atoms with van der Waals surface area (Å²) < 4.78 is 2.66. The van der Waals surface area contributed by atoms with E-state index in [0.29, 0.717) is 19.6 Å². The molecule has 0 saturated carbocycles. The summed E-state index contributed by atoms with van der Waals surface area (Å²) in [5, 5.41) is 7.98. The van der Waals surface area contributed by atoms with Gasteiger partial charge in [-0.1, -0.05) is 34.8 Å². The number of nitrogens with zero attached hydrogens (tertiary/aromatic N) is 3. The maximum atomic E-state index is 6.08. The Kier molecular flexibility index (Phi) is 4.70. The molecule has 0 aliphatic heterocycles. The van der Waals surface area contributed by atoms with Crippen LogP contribution >= 0.6 is 58.1 Å². The van der Waals surface area contributed by atoms with E-state index >= 15 is 0 Å². The first-order valence-corrected chi connectivity index (χ1v) is 8.62. The summed E-state index contributed by atoms with van der Waals surface area (Å²) in [6.45, 7) is 0. The van der Waals surface area contributed by atoms with Crippen molar-refractivity contribution in [3.05, 3.63) is 44.0 Å². The zero-order chi connectivity index (χ0) is 15.7. The average molecular weight is 393 g/mol. The topological polar surface area (TPSA) is 68.8 Å². The molecule has 10 heteroatoms. The van der Waals surface area contributed by atoms with E-state index in [2.05, 4.69) is 15.4 Å². The highest BCUT2D eigenvalue weighted by Gasteiger charge is 2.13. The Bertz CT molecular complexity index is 800. The van der Waals surface area contributed by atoms with Crippen LogP contribution in [0.5, 0.6) is 0 Å². The average Bonchev–Trinajstić information content (AvgIpc) is 2.96. The zero-order valence-corrected chi connectivity index (χ0v) is 14.7. The molecule has 5 nitrogen and oxygen atoms in total. The van der Waals surface area contributed by atoms with Crippen LogP contribution < -0.4 is 11.1 Å². The third-order valence-electron chi connectivity index (χ3n) is 2.51. The van der Waals surface area contributed by atoms with Gasteiger partial charge in [-0.25, -0.2) is 0 Å². The molecule has 0 atom stereocenters. The number of nitrogen functional groups attached to an aromatic ring is 1. The van der Waals surface area contributed by atoms with Gasteiger partial charge in [-0.15, -0.1) is 16.4 Å². The molecular formula is C12H8Cl3N5S2. The van der Waals surface area contributed by atoms with Crippen LogP contribution in [0.1, 0.15) is 0 Å². The number of rotatable bonds is 4. The summed E-state index contributed by atoms with van der Waals surface area (Å²) in [5.41, 5.74) is 6.67. The van der Waals surface area contributed by atoms with E-state index in [1.54, 1.807) is 18.2 Å². The van der Waals surface area contributed by atoms with Gasteiger partial charge in [-0.05, 0) is 30.3 Å². The zero-order valence-electron chi connectivity index (χ0n) is 10.8. The van der Waals surface area contributed by atoms with Gasteiger partial charge in [-0.2, -0.15) is 9.07 Å². The van der Waals surface area contributed by atoms with Gasteiger partial charge in [0.25, 0.3) is 0 Å². The lowest BCUT2D eigenvalue weighted by Crippen LogP contribution is -1.97. The lowest BCUT2D eigenvalue weighted by Gasteiger charge is -2.01. The Morgan fingerprint density at radius 3 is 2.55 bits per heavy atom. The van der Waals surface area contributed by atoms with Crippen molar-refractivity contribution in [3.63, 3.8) is 0 Å². The minimum Gasteiger partial charge on any atom is -0.367 e. The molecule has 0 aliphatic carbocycles. The third-order valence-corrected chi connectivity index (χ3v) is 5.45. The monoisotopic (exact) mass is 391 g/mol. The van der Waals surface area contributed by atoms with E-state index in [1.807, 2.05) is 12.1 Å². The van der Waals surface area contributed by atoms with Crippen LogP contribution in [0.15, 0.2) is 35.2 Å². The Hall–Kier alpha value is -1.12. The molecule has 3 N–H and O–H groups in total. The first-order chi connectivity index (χ1) is 10.5. The number of thiophene rings is 1. The highest BCUT2D eigenvalue weighted by molar-refractivity contribution is 7.98. The van der Waals surface area contributed by atoms with E-state index < -0.39 is 0 Å². The Labute approximate surface area is 149 Å². The summed E-state index contributed by atoms with van der Waals surface area (Å²) in [4.78, 5) is 4.92. The van der Waals surface area contributed by atoms with Crippen molar-refractivity contribution in [2.75, 3.05) is 11.1 Å². The molecule has 2 heterocycles. The molecule has 1 aromatic carbocycles. The van der Waals surface area contributed by atoms with Crippen molar-refractivity contribution in [2.45, 2.75) is 4.90 Å². The van der Waals surface area contributed by atoms with Crippen molar-refractivity contribution in [2.24, 2.45) is 0 Å². The number of nitrogens with one attached hydrogen (secondary N) is 1. The third kappa shape index (κ3) is 3.61. The van der Waals surface area contributed by atoms with Crippen LogP contribution in [0.4, 0.5) is 17.6 Å². The van der Waals surface area contributed by atoms with E-state index in [-0.39, 0.29) is 5.95 Å². The van der Waals surface area contributed by atoms with Crippen molar-refractivity contribution < 1.29 is 0 Å². The predicted molar refractivity (Wildman–Crippen MR) is 94.8 cm³/mol. The second-order valence-corrected chi connectivity index (χ2v) is 7.77.